The molecule has 5 aliphatic rings. The van der Waals surface area contributed by atoms with Crippen LogP contribution in [0.25, 0.3) is 0 Å². The first kappa shape index (κ1) is 47.6. The molecule has 58 heavy (non-hydrogen) atoms. The van der Waals surface area contributed by atoms with Gasteiger partial charge in [0.25, 0.3) is 0 Å². The first-order valence-electron chi connectivity index (χ1n) is 20.7. The van der Waals surface area contributed by atoms with Crippen LogP contribution in [0.5, 0.6) is 0 Å². The number of ketones is 2. The summed E-state index contributed by atoms with van der Waals surface area (Å²) in [4.78, 5) is 61.3. The number of rotatable bonds is 17. The highest BCUT2D eigenvalue weighted by atomic mass is 16.5. The van der Waals surface area contributed by atoms with Crippen molar-refractivity contribution in [1.29, 1.82) is 0 Å². The first-order valence-corrected chi connectivity index (χ1v) is 20.7. The molecule has 0 aromatic carbocycles. The third-order valence-electron chi connectivity index (χ3n) is 15.4. The van der Waals surface area contributed by atoms with E-state index in [-0.39, 0.29) is 76.8 Å². The smallest absolute Gasteiger partial charge is 0.306 e. The van der Waals surface area contributed by atoms with Crippen LogP contribution in [0.3, 0.4) is 0 Å². The van der Waals surface area contributed by atoms with Crippen molar-refractivity contribution >= 4 is 29.5 Å². The third kappa shape index (κ3) is 8.59. The van der Waals surface area contributed by atoms with Crippen LogP contribution in [0.15, 0.2) is 24.3 Å². The van der Waals surface area contributed by atoms with Crippen molar-refractivity contribution in [2.45, 2.75) is 130 Å². The van der Waals surface area contributed by atoms with Crippen LogP contribution < -0.4 is 5.32 Å². The molecular formula is C43H67NO14. The van der Waals surface area contributed by atoms with Gasteiger partial charge in [-0.05, 0) is 96.6 Å². The fourth-order valence-corrected chi connectivity index (χ4v) is 12.0. The number of nitrogens with one attached hydrogen (secondary N) is 1. The van der Waals surface area contributed by atoms with Gasteiger partial charge in [0.15, 0.2) is 11.6 Å². The van der Waals surface area contributed by atoms with E-state index in [4.69, 9.17) is 35.0 Å². The Labute approximate surface area is 341 Å². The molecule has 5 aliphatic carbocycles. The van der Waals surface area contributed by atoms with E-state index in [2.05, 4.69) is 38.7 Å². The summed E-state index contributed by atoms with van der Waals surface area (Å²) in [5, 5.41) is 67.8. The zero-order valence-corrected chi connectivity index (χ0v) is 35.1. The van der Waals surface area contributed by atoms with Crippen molar-refractivity contribution in [3.05, 3.63) is 24.3 Å². The minimum atomic E-state index is -1.55. The summed E-state index contributed by atoms with van der Waals surface area (Å²) in [6, 6.07) is 0. The summed E-state index contributed by atoms with van der Waals surface area (Å²) >= 11 is 0. The summed E-state index contributed by atoms with van der Waals surface area (Å²) in [6.07, 6.45) is 1.58. The molecule has 0 bridgehead atoms. The van der Waals surface area contributed by atoms with Gasteiger partial charge in [-0.15, -0.1) is 0 Å². The van der Waals surface area contributed by atoms with Crippen LogP contribution in [0, 0.1) is 57.2 Å². The van der Waals surface area contributed by atoms with Crippen LogP contribution in [-0.4, -0.2) is 129 Å². The number of carbonyl (C=O) groups excluding carboxylic acids is 4. The molecule has 0 aliphatic heterocycles. The average molecular weight is 822 g/mol. The molecule has 8 N–H and O–H groups in total. The minimum absolute atomic E-state index is 0.0338. The molecule has 0 radical (unpaired) electrons. The number of aliphatic hydroxyl groups is 6. The number of carboxylic acids is 1. The Morgan fingerprint density at radius 3 is 2.21 bits per heavy atom. The van der Waals surface area contributed by atoms with Gasteiger partial charge in [0, 0.05) is 31.2 Å². The number of carbonyl (C=O) groups is 5. The zero-order chi connectivity index (χ0) is 43.7. The molecule has 2 spiro atoms. The summed E-state index contributed by atoms with van der Waals surface area (Å²) in [6.45, 7) is 14.8. The highest BCUT2D eigenvalue weighted by Gasteiger charge is 2.81. The average Bonchev–Trinajstić information content (AvgIpc) is 3.79. The maximum atomic E-state index is 13.6. The molecule has 0 amide bonds. The second kappa shape index (κ2) is 18.3. The Balaban J connectivity index is 0.000000492. The Hall–Kier alpha value is -3.05. The summed E-state index contributed by atoms with van der Waals surface area (Å²) in [5.74, 6) is -3.07. The number of hydrogen-bond acceptors (Lipinski definition) is 14. The van der Waals surface area contributed by atoms with Gasteiger partial charge in [0.05, 0.1) is 32.2 Å². The van der Waals surface area contributed by atoms with E-state index < -0.39 is 72.8 Å². The molecule has 0 heterocycles. The molecule has 16 atom stereocenters. The molecule has 328 valence electrons. The Kier molecular flexibility index (Phi) is 15.0. The quantitative estimate of drug-likeness (QED) is 0.0768. The standard InChI is InChI=1S/C36H50O9.C7H17NO5/c1-19(17-44-29(41)11-10-28(39)40)20(2)31(42)32(43)22(4)30-26(45-23(5)37)16-34(7)27-9-8-24-21(3)25(38)12-13-35(24)18-36(27,35)15-14-33(30,34)6;1-8-2-4(10)6(12)7(13)5(11)3-9/h12-13,19,21-22,24,26-27,30,32,43H,2,8-11,14-18H2,1,3-7H3,(H,39,40);4-13H,2-3H2,1H3/t19-,21-,22-,24-,26-,27-,30-,32+,33+,34-,35+,36-;4-,5+,6+,7+/m00/s1. The maximum absolute atomic E-state index is 13.6. The second-order valence-corrected chi connectivity index (χ2v) is 18.4. The van der Waals surface area contributed by atoms with Crippen LogP contribution in [-0.2, 0) is 33.4 Å². The van der Waals surface area contributed by atoms with Crippen molar-refractivity contribution in [2.75, 3.05) is 26.8 Å². The number of allylic oxidation sites excluding steroid dienone is 2. The van der Waals surface area contributed by atoms with Crippen LogP contribution in [0.2, 0.25) is 0 Å². The number of Topliss-reactive ketones (excluding diaryl/α,β-unsaturated/α-hetero) is 1. The lowest BCUT2D eigenvalue weighted by atomic mass is 9.43. The molecule has 0 aromatic heterocycles. The van der Waals surface area contributed by atoms with Gasteiger partial charge in [0.1, 0.15) is 30.5 Å². The zero-order valence-electron chi connectivity index (χ0n) is 35.1. The number of esters is 2. The van der Waals surface area contributed by atoms with E-state index in [9.17, 15) is 34.2 Å². The first-order chi connectivity index (χ1) is 27.0. The number of likely N-dealkylation sites (N-methyl/N-ethyl adjacent to an activating group) is 1. The molecular weight excluding hydrogens is 754 g/mol. The minimum Gasteiger partial charge on any atom is -0.481 e. The summed E-state index contributed by atoms with van der Waals surface area (Å²) < 4.78 is 11.2. The van der Waals surface area contributed by atoms with Crippen molar-refractivity contribution in [3.63, 3.8) is 0 Å². The van der Waals surface area contributed by atoms with Gasteiger partial charge in [-0.3, -0.25) is 24.0 Å². The Bertz CT molecular complexity index is 1600. The highest BCUT2D eigenvalue weighted by molar-refractivity contribution is 5.98. The summed E-state index contributed by atoms with van der Waals surface area (Å²) in [5.41, 5.74) is -0.214. The lowest BCUT2D eigenvalue weighted by molar-refractivity contribution is -0.155. The van der Waals surface area contributed by atoms with E-state index in [0.717, 1.165) is 32.1 Å². The fraction of sp³-hybridized carbons (Fsp3) is 0.791. The molecule has 4 fully saturated rings. The van der Waals surface area contributed by atoms with Gasteiger partial charge >= 0.3 is 17.9 Å². The van der Waals surface area contributed by atoms with Crippen LogP contribution in [0.1, 0.15) is 92.9 Å². The molecule has 0 unspecified atom stereocenters. The van der Waals surface area contributed by atoms with Gasteiger partial charge in [0.2, 0.25) is 0 Å². The third-order valence-corrected chi connectivity index (χ3v) is 15.4. The number of aliphatic hydroxyl groups excluding tert-OH is 6. The molecule has 0 saturated heterocycles. The fourth-order valence-electron chi connectivity index (χ4n) is 12.0. The van der Waals surface area contributed by atoms with E-state index >= 15 is 0 Å². The predicted octanol–water partition coefficient (Wildman–Crippen LogP) is 1.73. The molecule has 15 nitrogen and oxygen atoms in total. The predicted molar refractivity (Wildman–Crippen MR) is 209 cm³/mol. The van der Waals surface area contributed by atoms with Gasteiger partial charge in [-0.25, -0.2) is 0 Å². The normalized spacial score (nSPS) is 36.7. The number of fused-ring (bicyclic) bond motifs is 2. The topological polar surface area (TPSA) is 257 Å². The van der Waals surface area contributed by atoms with Crippen molar-refractivity contribution in [3.8, 4) is 0 Å². The lowest BCUT2D eigenvalue weighted by Gasteiger charge is -2.61. The van der Waals surface area contributed by atoms with Gasteiger partial charge < -0.3 is 50.5 Å². The van der Waals surface area contributed by atoms with E-state index in [1.54, 1.807) is 14.0 Å². The van der Waals surface area contributed by atoms with E-state index in [1.165, 1.54) is 6.92 Å². The van der Waals surface area contributed by atoms with E-state index in [0.29, 0.717) is 18.3 Å². The van der Waals surface area contributed by atoms with Crippen molar-refractivity contribution in [1.82, 2.24) is 5.32 Å². The van der Waals surface area contributed by atoms with E-state index in [1.807, 2.05) is 13.0 Å². The largest absolute Gasteiger partial charge is 0.481 e. The number of aliphatic carboxylic acids is 1. The van der Waals surface area contributed by atoms with Crippen LogP contribution >= 0.6 is 0 Å². The Morgan fingerprint density at radius 2 is 1.62 bits per heavy atom. The lowest BCUT2D eigenvalue weighted by Crippen LogP contribution is -2.56. The maximum Gasteiger partial charge on any atom is 0.306 e. The number of hydrogen-bond donors (Lipinski definition) is 8. The van der Waals surface area contributed by atoms with Gasteiger partial charge in [-0.2, -0.15) is 0 Å². The second-order valence-electron chi connectivity index (χ2n) is 18.4. The Morgan fingerprint density at radius 1 is 0.983 bits per heavy atom. The molecule has 5 rings (SSSR count). The molecule has 4 saturated carbocycles. The molecule has 0 aromatic rings. The number of carboxylic acid groups (broad SMARTS) is 1. The monoisotopic (exact) mass is 821 g/mol. The highest BCUT2D eigenvalue weighted by Crippen LogP contribution is 2.87. The summed E-state index contributed by atoms with van der Waals surface area (Å²) in [7, 11) is 1.57. The van der Waals surface area contributed by atoms with Crippen LogP contribution in [0.4, 0.5) is 0 Å². The molecule has 15 heteroatoms. The van der Waals surface area contributed by atoms with Gasteiger partial charge in [-0.1, -0.05) is 47.3 Å². The van der Waals surface area contributed by atoms with Crippen molar-refractivity contribution in [2.24, 2.45) is 57.2 Å². The van der Waals surface area contributed by atoms with Crippen molar-refractivity contribution < 1.29 is 69.2 Å². The SMILES string of the molecule is C=C(C(=O)[C@H](O)[C@@H](C)[C@H]1[C@@H](OC(C)=O)C[C@@]2(C)[C@@H]3CC[C@H]4[C@H](C)C(=O)C=C[C@@]45C[C@@]35CC[C@]12C)[C@@H](C)COC(=O)CCC(=O)O.CNC[C@H](O)[C@@H](O)[C@H](O)[C@H](O)CO. The number of ether oxygens (including phenoxy) is 2.